The second kappa shape index (κ2) is 7.93. The van der Waals surface area contributed by atoms with Crippen LogP contribution in [0.15, 0.2) is 47.6 Å². The highest BCUT2D eigenvalue weighted by molar-refractivity contribution is 7.98. The van der Waals surface area contributed by atoms with Gasteiger partial charge in [-0.1, -0.05) is 11.6 Å². The zero-order chi connectivity index (χ0) is 18.7. The van der Waals surface area contributed by atoms with E-state index >= 15 is 0 Å². The van der Waals surface area contributed by atoms with Crippen LogP contribution in [-0.4, -0.2) is 26.9 Å². The molecule has 2 aromatic heterocycles. The number of amides is 1. The van der Waals surface area contributed by atoms with Crippen LogP contribution in [-0.2, 0) is 11.2 Å². The van der Waals surface area contributed by atoms with Crippen molar-refractivity contribution in [1.82, 2.24) is 14.8 Å². The highest BCUT2D eigenvalue weighted by Gasteiger charge is 2.16. The van der Waals surface area contributed by atoms with E-state index in [-0.39, 0.29) is 12.3 Å². The summed E-state index contributed by atoms with van der Waals surface area (Å²) in [6.45, 7) is 3.88. The van der Waals surface area contributed by atoms with Gasteiger partial charge in [-0.15, -0.1) is 11.8 Å². The first-order valence-corrected chi connectivity index (χ1v) is 9.69. The number of hydrogen-bond acceptors (Lipinski definition) is 4. The van der Waals surface area contributed by atoms with Crippen LogP contribution in [0, 0.1) is 13.8 Å². The summed E-state index contributed by atoms with van der Waals surface area (Å²) in [6.07, 6.45) is 3.89. The van der Waals surface area contributed by atoms with Crippen molar-refractivity contribution in [2.24, 2.45) is 0 Å². The minimum absolute atomic E-state index is 0.0921. The van der Waals surface area contributed by atoms with E-state index < -0.39 is 0 Å². The molecule has 1 amide bonds. The van der Waals surface area contributed by atoms with Gasteiger partial charge in [-0.2, -0.15) is 5.10 Å². The molecule has 5 nitrogen and oxygen atoms in total. The molecule has 0 spiro atoms. The third kappa shape index (κ3) is 4.08. The Balaban J connectivity index is 1.76. The Kier molecular flexibility index (Phi) is 5.64. The van der Waals surface area contributed by atoms with Crippen LogP contribution >= 0.6 is 23.4 Å². The number of halogens is 1. The lowest BCUT2D eigenvalue weighted by molar-refractivity contribution is -0.115. The minimum atomic E-state index is -0.0921. The quantitative estimate of drug-likeness (QED) is 0.658. The SMILES string of the molecule is CSc1ccc(NC(=O)Cc2c(C)nn(-c3ccc(Cl)cc3)c2C)cn1. The lowest BCUT2D eigenvalue weighted by Gasteiger charge is -2.07. The minimum Gasteiger partial charge on any atom is -0.324 e. The molecule has 1 N–H and O–H groups in total. The number of rotatable bonds is 5. The van der Waals surface area contributed by atoms with E-state index in [1.165, 1.54) is 0 Å². The number of thioether (sulfide) groups is 1. The molecule has 26 heavy (non-hydrogen) atoms. The van der Waals surface area contributed by atoms with Crippen LogP contribution in [0.1, 0.15) is 17.0 Å². The molecule has 0 aliphatic heterocycles. The average molecular weight is 387 g/mol. The maximum absolute atomic E-state index is 12.4. The monoisotopic (exact) mass is 386 g/mol. The normalized spacial score (nSPS) is 10.8. The molecule has 3 rings (SSSR count). The largest absolute Gasteiger partial charge is 0.324 e. The lowest BCUT2D eigenvalue weighted by atomic mass is 10.1. The molecule has 0 atom stereocenters. The number of hydrogen-bond donors (Lipinski definition) is 1. The van der Waals surface area contributed by atoms with Crippen molar-refractivity contribution in [3.63, 3.8) is 0 Å². The number of nitrogens with zero attached hydrogens (tertiary/aromatic N) is 3. The van der Waals surface area contributed by atoms with Gasteiger partial charge in [0, 0.05) is 16.3 Å². The number of aryl methyl sites for hydroxylation is 1. The Labute approximate surface area is 161 Å². The van der Waals surface area contributed by atoms with Crippen LogP contribution in [0.2, 0.25) is 5.02 Å². The summed E-state index contributed by atoms with van der Waals surface area (Å²) in [5.74, 6) is -0.0921. The predicted octanol–water partition coefficient (Wildman–Crippen LogP) is 4.44. The number of pyridine rings is 1. The summed E-state index contributed by atoms with van der Waals surface area (Å²) < 4.78 is 1.84. The van der Waals surface area contributed by atoms with Gasteiger partial charge in [0.05, 0.1) is 34.7 Å². The Hall–Kier alpha value is -2.31. The molecule has 0 saturated carbocycles. The Morgan fingerprint density at radius 1 is 1.19 bits per heavy atom. The van der Waals surface area contributed by atoms with Crippen molar-refractivity contribution >= 4 is 35.0 Å². The van der Waals surface area contributed by atoms with E-state index in [4.69, 9.17) is 11.6 Å². The molecule has 0 saturated heterocycles. The second-order valence-electron chi connectivity index (χ2n) is 5.85. The fraction of sp³-hybridized carbons (Fsp3) is 0.211. The van der Waals surface area contributed by atoms with Gasteiger partial charge in [-0.05, 0) is 56.5 Å². The van der Waals surface area contributed by atoms with Gasteiger partial charge < -0.3 is 5.32 Å². The second-order valence-corrected chi connectivity index (χ2v) is 7.11. The van der Waals surface area contributed by atoms with Crippen molar-refractivity contribution in [2.75, 3.05) is 11.6 Å². The third-order valence-corrected chi connectivity index (χ3v) is 4.99. The zero-order valence-electron chi connectivity index (χ0n) is 14.8. The Bertz CT molecular complexity index is 920. The molecule has 0 bridgehead atoms. The maximum atomic E-state index is 12.4. The fourth-order valence-corrected chi connectivity index (χ4v) is 3.19. The van der Waals surface area contributed by atoms with E-state index in [1.54, 1.807) is 18.0 Å². The van der Waals surface area contributed by atoms with Gasteiger partial charge in [-0.3, -0.25) is 4.79 Å². The molecular formula is C19H19ClN4OS. The van der Waals surface area contributed by atoms with Crippen LogP contribution in [0.3, 0.4) is 0 Å². The smallest absolute Gasteiger partial charge is 0.228 e. The predicted molar refractivity (Wildman–Crippen MR) is 106 cm³/mol. The molecule has 2 heterocycles. The van der Waals surface area contributed by atoms with Crippen LogP contribution < -0.4 is 5.32 Å². The summed E-state index contributed by atoms with van der Waals surface area (Å²) in [5, 5.41) is 9.05. The van der Waals surface area contributed by atoms with E-state index in [9.17, 15) is 4.79 Å². The maximum Gasteiger partial charge on any atom is 0.228 e. The average Bonchev–Trinajstić information content (AvgIpc) is 2.91. The van der Waals surface area contributed by atoms with Crippen molar-refractivity contribution in [3.05, 3.63) is 64.6 Å². The van der Waals surface area contributed by atoms with E-state index in [0.29, 0.717) is 10.7 Å². The number of nitrogens with one attached hydrogen (secondary N) is 1. The molecule has 0 aliphatic rings. The Morgan fingerprint density at radius 2 is 1.92 bits per heavy atom. The zero-order valence-corrected chi connectivity index (χ0v) is 16.4. The number of carbonyl (C=O) groups is 1. The first kappa shape index (κ1) is 18.5. The van der Waals surface area contributed by atoms with E-state index in [1.807, 2.05) is 61.2 Å². The van der Waals surface area contributed by atoms with E-state index in [2.05, 4.69) is 15.4 Å². The Morgan fingerprint density at radius 3 is 2.54 bits per heavy atom. The first-order chi connectivity index (χ1) is 12.5. The topological polar surface area (TPSA) is 59.8 Å². The molecular weight excluding hydrogens is 368 g/mol. The molecule has 3 aromatic rings. The molecule has 0 radical (unpaired) electrons. The van der Waals surface area contributed by atoms with Gasteiger partial charge in [-0.25, -0.2) is 9.67 Å². The van der Waals surface area contributed by atoms with Crippen LogP contribution in [0.5, 0.6) is 0 Å². The van der Waals surface area contributed by atoms with Gasteiger partial charge in [0.1, 0.15) is 0 Å². The van der Waals surface area contributed by atoms with Crippen molar-refractivity contribution in [3.8, 4) is 5.69 Å². The molecule has 0 unspecified atom stereocenters. The van der Waals surface area contributed by atoms with Crippen molar-refractivity contribution in [2.45, 2.75) is 25.3 Å². The van der Waals surface area contributed by atoms with Gasteiger partial charge >= 0.3 is 0 Å². The summed E-state index contributed by atoms with van der Waals surface area (Å²) in [4.78, 5) is 16.7. The molecule has 7 heteroatoms. The van der Waals surface area contributed by atoms with Gasteiger partial charge in [0.25, 0.3) is 0 Å². The van der Waals surface area contributed by atoms with Crippen molar-refractivity contribution in [1.29, 1.82) is 0 Å². The van der Waals surface area contributed by atoms with E-state index in [0.717, 1.165) is 27.7 Å². The molecule has 1 aromatic carbocycles. The highest BCUT2D eigenvalue weighted by Crippen LogP contribution is 2.21. The first-order valence-electron chi connectivity index (χ1n) is 8.09. The summed E-state index contributed by atoms with van der Waals surface area (Å²) >= 11 is 7.51. The molecule has 134 valence electrons. The van der Waals surface area contributed by atoms with Crippen LogP contribution in [0.4, 0.5) is 5.69 Å². The number of benzene rings is 1. The van der Waals surface area contributed by atoms with Gasteiger partial charge in [0.2, 0.25) is 5.91 Å². The number of aromatic nitrogens is 3. The molecule has 0 fully saturated rings. The fourth-order valence-electron chi connectivity index (χ4n) is 2.71. The lowest BCUT2D eigenvalue weighted by Crippen LogP contribution is -2.15. The van der Waals surface area contributed by atoms with Crippen LogP contribution in [0.25, 0.3) is 5.69 Å². The highest BCUT2D eigenvalue weighted by atomic mass is 35.5. The molecule has 0 aliphatic carbocycles. The summed E-state index contributed by atoms with van der Waals surface area (Å²) in [7, 11) is 0. The summed E-state index contributed by atoms with van der Waals surface area (Å²) in [6, 6.07) is 11.2. The van der Waals surface area contributed by atoms with Gasteiger partial charge in [0.15, 0.2) is 0 Å². The number of anilines is 1. The van der Waals surface area contributed by atoms with Crippen molar-refractivity contribution < 1.29 is 4.79 Å². The third-order valence-electron chi connectivity index (χ3n) is 4.08. The summed E-state index contributed by atoms with van der Waals surface area (Å²) in [5.41, 5.74) is 4.30. The number of carbonyl (C=O) groups excluding carboxylic acids is 1. The standard InChI is InChI=1S/C19H19ClN4OS/c1-12-17(10-18(25)22-15-6-9-19(26-3)21-11-15)13(2)24(23-12)16-7-4-14(20)5-8-16/h4-9,11H,10H2,1-3H3,(H,22,25).